The van der Waals surface area contributed by atoms with Gasteiger partial charge in [-0.2, -0.15) is 13.2 Å². The number of rotatable bonds is 4. The van der Waals surface area contributed by atoms with Crippen molar-refractivity contribution in [2.45, 2.75) is 23.9 Å². The lowest BCUT2D eigenvalue weighted by atomic mass is 10.3. The average Bonchev–Trinajstić information content (AvgIpc) is 2.13. The van der Waals surface area contributed by atoms with Gasteiger partial charge in [0.15, 0.2) is 9.84 Å². The molecule has 0 spiro atoms. The molecule has 1 aromatic carbocycles. The molecule has 2 N–H and O–H groups in total. The fourth-order valence-electron chi connectivity index (χ4n) is 1.34. The predicted molar refractivity (Wildman–Crippen MR) is 58.2 cm³/mol. The van der Waals surface area contributed by atoms with E-state index in [1.54, 1.807) is 0 Å². The summed E-state index contributed by atoms with van der Waals surface area (Å²) in [4.78, 5) is -0.626. The molecule has 0 atom stereocenters. The van der Waals surface area contributed by atoms with Gasteiger partial charge in [0, 0.05) is 12.1 Å². The zero-order valence-corrected chi connectivity index (χ0v) is 9.98. The molecule has 0 bridgehead atoms. The maximum absolute atomic E-state index is 13.3. The molecule has 0 unspecified atom stereocenters. The first-order chi connectivity index (χ1) is 8.12. The highest BCUT2D eigenvalue weighted by atomic mass is 32.2. The van der Waals surface area contributed by atoms with E-state index in [1.165, 1.54) is 6.07 Å². The van der Waals surface area contributed by atoms with Crippen LogP contribution in [0.15, 0.2) is 23.1 Å². The Morgan fingerprint density at radius 1 is 1.22 bits per heavy atom. The van der Waals surface area contributed by atoms with E-state index in [9.17, 15) is 26.0 Å². The summed E-state index contributed by atoms with van der Waals surface area (Å²) in [5.41, 5.74) is 5.29. The number of hydrogen-bond donors (Lipinski definition) is 1. The number of nitrogens with two attached hydrogens (primary N) is 1. The van der Waals surface area contributed by atoms with Crippen LogP contribution in [0.3, 0.4) is 0 Å². The highest BCUT2D eigenvalue weighted by Crippen LogP contribution is 2.24. The summed E-state index contributed by atoms with van der Waals surface area (Å²) in [7, 11) is -4.06. The van der Waals surface area contributed by atoms with Crippen molar-refractivity contribution in [1.29, 1.82) is 0 Å². The quantitative estimate of drug-likeness (QED) is 0.683. The molecular weight excluding hydrogens is 274 g/mol. The second-order valence-electron chi connectivity index (χ2n) is 3.73. The molecule has 0 aromatic heterocycles. The summed E-state index contributed by atoms with van der Waals surface area (Å²) in [5.74, 6) is -1.81. The standard InChI is InChI=1S/C10H11F4NO2S/c11-8-6-7(15)2-3-9(8)18(16,17)5-1-4-10(12,13)14/h2-3,6H,1,4-5,15H2. The number of benzene rings is 1. The first-order valence-electron chi connectivity index (χ1n) is 4.96. The molecule has 0 aliphatic rings. The van der Waals surface area contributed by atoms with Crippen molar-refractivity contribution in [3.63, 3.8) is 0 Å². The van der Waals surface area contributed by atoms with Crippen molar-refractivity contribution in [3.8, 4) is 0 Å². The van der Waals surface area contributed by atoms with E-state index in [2.05, 4.69) is 0 Å². The fourth-order valence-corrected chi connectivity index (χ4v) is 2.72. The van der Waals surface area contributed by atoms with Crippen LogP contribution < -0.4 is 5.73 Å². The average molecular weight is 285 g/mol. The van der Waals surface area contributed by atoms with Gasteiger partial charge in [0.1, 0.15) is 10.7 Å². The van der Waals surface area contributed by atoms with Crippen LogP contribution in [0, 0.1) is 5.82 Å². The van der Waals surface area contributed by atoms with E-state index < -0.39 is 45.3 Å². The van der Waals surface area contributed by atoms with Crippen molar-refractivity contribution in [2.75, 3.05) is 11.5 Å². The van der Waals surface area contributed by atoms with Crippen molar-refractivity contribution in [3.05, 3.63) is 24.0 Å². The number of halogens is 4. The van der Waals surface area contributed by atoms with Crippen LogP contribution in [0.5, 0.6) is 0 Å². The Hall–Kier alpha value is -1.31. The lowest BCUT2D eigenvalue weighted by Gasteiger charge is -2.08. The van der Waals surface area contributed by atoms with E-state index in [1.807, 2.05) is 0 Å². The lowest BCUT2D eigenvalue weighted by molar-refractivity contribution is -0.134. The zero-order valence-electron chi connectivity index (χ0n) is 9.17. The Labute approximate surface area is 102 Å². The summed E-state index contributed by atoms with van der Waals surface area (Å²) < 4.78 is 72.2. The first-order valence-corrected chi connectivity index (χ1v) is 6.61. The van der Waals surface area contributed by atoms with Crippen molar-refractivity contribution < 1.29 is 26.0 Å². The minimum absolute atomic E-state index is 0.0433. The topological polar surface area (TPSA) is 60.2 Å². The van der Waals surface area contributed by atoms with Crippen molar-refractivity contribution in [1.82, 2.24) is 0 Å². The van der Waals surface area contributed by atoms with Crippen molar-refractivity contribution >= 4 is 15.5 Å². The van der Waals surface area contributed by atoms with Gasteiger partial charge in [0.2, 0.25) is 0 Å². The molecule has 1 rings (SSSR count). The van der Waals surface area contributed by atoms with Crippen LogP contribution in [0.2, 0.25) is 0 Å². The molecule has 0 radical (unpaired) electrons. The minimum atomic E-state index is -4.42. The molecule has 1 aromatic rings. The van der Waals surface area contributed by atoms with E-state index in [0.717, 1.165) is 12.1 Å². The Bertz CT molecular complexity index is 525. The molecular formula is C10H11F4NO2S. The summed E-state index contributed by atoms with van der Waals surface area (Å²) >= 11 is 0. The van der Waals surface area contributed by atoms with E-state index in [0.29, 0.717) is 0 Å². The van der Waals surface area contributed by atoms with Gasteiger partial charge in [-0.1, -0.05) is 0 Å². The lowest BCUT2D eigenvalue weighted by Crippen LogP contribution is -2.13. The highest BCUT2D eigenvalue weighted by Gasteiger charge is 2.28. The number of anilines is 1. The second kappa shape index (κ2) is 5.13. The van der Waals surface area contributed by atoms with E-state index in [4.69, 9.17) is 5.73 Å². The van der Waals surface area contributed by atoms with Gasteiger partial charge >= 0.3 is 6.18 Å². The number of nitrogen functional groups attached to an aromatic ring is 1. The molecule has 102 valence electrons. The second-order valence-corrected chi connectivity index (χ2v) is 5.81. The SMILES string of the molecule is Nc1ccc(S(=O)(=O)CCCC(F)(F)F)c(F)c1. The summed E-state index contributed by atoms with van der Waals surface area (Å²) in [6.45, 7) is 0. The van der Waals surface area contributed by atoms with Crippen LogP contribution in [0.25, 0.3) is 0 Å². The molecule has 3 nitrogen and oxygen atoms in total. The zero-order chi connectivity index (χ0) is 14.0. The van der Waals surface area contributed by atoms with Gasteiger partial charge in [-0.3, -0.25) is 0 Å². The first kappa shape index (κ1) is 14.7. The summed E-state index contributed by atoms with van der Waals surface area (Å²) in [6, 6.07) is 2.95. The maximum atomic E-state index is 13.3. The molecule has 0 aliphatic carbocycles. The summed E-state index contributed by atoms with van der Waals surface area (Å²) in [5, 5.41) is 0. The Kier molecular flexibility index (Phi) is 4.20. The molecule has 18 heavy (non-hydrogen) atoms. The maximum Gasteiger partial charge on any atom is 0.389 e. The smallest absolute Gasteiger partial charge is 0.389 e. The van der Waals surface area contributed by atoms with E-state index >= 15 is 0 Å². The van der Waals surface area contributed by atoms with Gasteiger partial charge < -0.3 is 5.73 Å². The Morgan fingerprint density at radius 2 is 1.83 bits per heavy atom. The molecule has 0 aliphatic heterocycles. The van der Waals surface area contributed by atoms with Crippen LogP contribution in [-0.4, -0.2) is 20.3 Å². The number of sulfone groups is 1. The van der Waals surface area contributed by atoms with Gasteiger partial charge in [-0.15, -0.1) is 0 Å². The number of hydrogen-bond acceptors (Lipinski definition) is 3. The molecule has 0 saturated heterocycles. The third kappa shape index (κ3) is 4.17. The van der Waals surface area contributed by atoms with Crippen molar-refractivity contribution in [2.24, 2.45) is 0 Å². The minimum Gasteiger partial charge on any atom is -0.399 e. The van der Waals surface area contributed by atoms with Gasteiger partial charge in [0.25, 0.3) is 0 Å². The van der Waals surface area contributed by atoms with Crippen LogP contribution in [0.1, 0.15) is 12.8 Å². The monoisotopic (exact) mass is 285 g/mol. The Morgan fingerprint density at radius 3 is 2.33 bits per heavy atom. The van der Waals surface area contributed by atoms with E-state index in [-0.39, 0.29) is 5.69 Å². The highest BCUT2D eigenvalue weighted by molar-refractivity contribution is 7.91. The molecule has 8 heteroatoms. The predicted octanol–water partition coefficient (Wildman–Crippen LogP) is 2.52. The van der Waals surface area contributed by atoms with Crippen LogP contribution in [-0.2, 0) is 9.84 Å². The van der Waals surface area contributed by atoms with Crippen LogP contribution >= 0.6 is 0 Å². The normalized spacial score (nSPS) is 12.7. The Balaban J connectivity index is 2.81. The van der Waals surface area contributed by atoms with Gasteiger partial charge in [-0.25, -0.2) is 12.8 Å². The molecule has 0 amide bonds. The number of alkyl halides is 3. The molecule has 0 heterocycles. The molecule has 0 saturated carbocycles. The fraction of sp³-hybridized carbons (Fsp3) is 0.400. The van der Waals surface area contributed by atoms with Gasteiger partial charge in [0.05, 0.1) is 5.75 Å². The van der Waals surface area contributed by atoms with Gasteiger partial charge in [-0.05, 0) is 24.6 Å². The molecule has 0 fully saturated rings. The summed E-state index contributed by atoms with van der Waals surface area (Å²) in [6.07, 6.45) is -6.24. The van der Waals surface area contributed by atoms with Crippen LogP contribution in [0.4, 0.5) is 23.2 Å². The third-order valence-corrected chi connectivity index (χ3v) is 3.99. The third-order valence-electron chi connectivity index (χ3n) is 2.16. The largest absolute Gasteiger partial charge is 0.399 e.